The number of fused-ring (bicyclic) bond motifs is 3. The molecule has 2 amide bonds. The van der Waals surface area contributed by atoms with Crippen LogP contribution >= 0.6 is 0 Å². The summed E-state index contributed by atoms with van der Waals surface area (Å²) in [5.41, 5.74) is 7.20. The summed E-state index contributed by atoms with van der Waals surface area (Å²) in [5, 5.41) is 0. The van der Waals surface area contributed by atoms with Crippen molar-refractivity contribution in [2.24, 2.45) is 0 Å². The van der Waals surface area contributed by atoms with Gasteiger partial charge in [0.05, 0.1) is 26.3 Å². The Morgan fingerprint density at radius 1 is 0.971 bits per heavy atom. The number of hydrogen-bond acceptors (Lipinski definition) is 4. The van der Waals surface area contributed by atoms with Gasteiger partial charge >= 0.3 is 6.03 Å². The van der Waals surface area contributed by atoms with E-state index in [1.165, 1.54) is 22.4 Å². The number of nitrogens with zero attached hydrogens (tertiary/aromatic N) is 3. The van der Waals surface area contributed by atoms with Gasteiger partial charge in [-0.3, -0.25) is 9.80 Å². The Morgan fingerprint density at radius 3 is 2.31 bits per heavy atom. The minimum atomic E-state index is -0.232. The maximum atomic E-state index is 13.7. The van der Waals surface area contributed by atoms with Gasteiger partial charge in [-0.05, 0) is 57.2 Å². The molecule has 5 rings (SSSR count). The van der Waals surface area contributed by atoms with Crippen molar-refractivity contribution in [3.05, 3.63) is 69.9 Å². The van der Waals surface area contributed by atoms with Crippen LogP contribution in [0.4, 0.5) is 4.79 Å². The van der Waals surface area contributed by atoms with E-state index < -0.39 is 0 Å². The van der Waals surface area contributed by atoms with E-state index in [9.17, 15) is 4.79 Å². The van der Waals surface area contributed by atoms with Crippen LogP contribution in [0.3, 0.4) is 0 Å². The Bertz CT molecular complexity index is 1140. The monoisotopic (exact) mass is 475 g/mol. The first-order valence-corrected chi connectivity index (χ1v) is 12.7. The molecule has 3 heterocycles. The summed E-state index contributed by atoms with van der Waals surface area (Å²) in [7, 11) is 3.37. The van der Waals surface area contributed by atoms with Gasteiger partial charge in [0.25, 0.3) is 0 Å². The van der Waals surface area contributed by atoms with Crippen molar-refractivity contribution in [3.63, 3.8) is 0 Å². The van der Waals surface area contributed by atoms with E-state index in [4.69, 9.17) is 9.47 Å². The molecule has 0 aliphatic carbocycles. The Kier molecular flexibility index (Phi) is 6.26. The van der Waals surface area contributed by atoms with Crippen LogP contribution in [0.25, 0.3) is 0 Å². The number of carbonyl (C=O) groups excluding carboxylic acids is 1. The number of likely N-dealkylation sites (tertiary alicyclic amines) is 1. The largest absolute Gasteiger partial charge is 0.497 e. The highest BCUT2D eigenvalue weighted by atomic mass is 16.5. The van der Waals surface area contributed by atoms with Gasteiger partial charge in [-0.2, -0.15) is 0 Å². The molecule has 3 aliphatic rings. The third kappa shape index (κ3) is 4.08. The van der Waals surface area contributed by atoms with Crippen molar-refractivity contribution in [1.29, 1.82) is 0 Å². The lowest BCUT2D eigenvalue weighted by Gasteiger charge is -2.44. The number of rotatable bonds is 5. The number of likely N-dealkylation sites (N-methyl/N-ethyl adjacent to an activating group) is 1. The number of allylic oxidation sites excluding steroid dienone is 1. The second-order valence-corrected chi connectivity index (χ2v) is 10.2. The Morgan fingerprint density at radius 2 is 1.69 bits per heavy atom. The minimum Gasteiger partial charge on any atom is -0.497 e. The van der Waals surface area contributed by atoms with Crippen LogP contribution in [0.1, 0.15) is 47.6 Å². The van der Waals surface area contributed by atoms with Gasteiger partial charge in [-0.15, -0.1) is 0 Å². The fraction of sp³-hybridized carbons (Fsp3) is 0.483. The van der Waals surface area contributed by atoms with Crippen LogP contribution in [0.2, 0.25) is 0 Å². The molecule has 0 radical (unpaired) electrons. The van der Waals surface area contributed by atoms with Crippen molar-refractivity contribution in [2.75, 3.05) is 33.9 Å². The first-order chi connectivity index (χ1) is 16.9. The second kappa shape index (κ2) is 9.23. The lowest BCUT2D eigenvalue weighted by atomic mass is 9.83. The fourth-order valence-corrected chi connectivity index (χ4v) is 6.45. The summed E-state index contributed by atoms with van der Waals surface area (Å²) in [5.74, 6) is 1.59. The Labute approximate surface area is 209 Å². The summed E-state index contributed by atoms with van der Waals surface area (Å²) < 4.78 is 11.2. The number of urea groups is 1. The first-order valence-electron chi connectivity index (χ1n) is 12.7. The summed E-state index contributed by atoms with van der Waals surface area (Å²) in [6.45, 7) is 10.6. The fourth-order valence-electron chi connectivity index (χ4n) is 6.45. The van der Waals surface area contributed by atoms with Gasteiger partial charge in [-0.25, -0.2) is 4.79 Å². The average molecular weight is 476 g/mol. The molecule has 6 heteroatoms. The maximum absolute atomic E-state index is 13.7. The molecular weight excluding hydrogens is 438 g/mol. The van der Waals surface area contributed by atoms with Crippen molar-refractivity contribution < 1.29 is 14.3 Å². The molecule has 2 fully saturated rings. The number of hydrogen-bond donors (Lipinski definition) is 0. The quantitative estimate of drug-likeness (QED) is 0.607. The minimum absolute atomic E-state index is 0.121. The molecule has 6 nitrogen and oxygen atoms in total. The van der Waals surface area contributed by atoms with Gasteiger partial charge in [0.15, 0.2) is 0 Å². The highest BCUT2D eigenvalue weighted by Gasteiger charge is 2.54. The van der Waals surface area contributed by atoms with Gasteiger partial charge in [0.2, 0.25) is 0 Å². The molecule has 0 aromatic heterocycles. The predicted octanol–water partition coefficient (Wildman–Crippen LogP) is 5.05. The summed E-state index contributed by atoms with van der Waals surface area (Å²) in [6.07, 6.45) is 4.95. The molecule has 0 unspecified atom stereocenters. The van der Waals surface area contributed by atoms with Crippen molar-refractivity contribution >= 4 is 6.03 Å². The third-order valence-corrected chi connectivity index (χ3v) is 7.99. The summed E-state index contributed by atoms with van der Waals surface area (Å²) in [4.78, 5) is 20.4. The molecule has 3 aliphatic heterocycles. The molecule has 0 bridgehead atoms. The SMILES string of the molecule is CCN1C(=O)N2Cc3cc(OC)cc(OC)c3CC=C2C12CCN(Cc1cc(C)cc(C)c1)CC2. The standard InChI is InChI=1S/C29H37N3O3/c1-6-32-28(33)31-19-23-16-24(34-4)17-26(35-5)25(23)7-8-27(31)29(32)9-11-30(12-10-29)18-22-14-20(2)13-21(3)15-22/h8,13-17H,6-7,9-12,18-19H2,1-5H3. The van der Waals surface area contributed by atoms with E-state index in [2.05, 4.69) is 60.9 Å². The molecular formula is C29H37N3O3. The Balaban J connectivity index is 1.42. The number of ether oxygens (including phenoxy) is 2. The smallest absolute Gasteiger partial charge is 0.325 e. The zero-order valence-corrected chi connectivity index (χ0v) is 21.7. The van der Waals surface area contributed by atoms with Crippen molar-refractivity contribution in [2.45, 2.75) is 58.7 Å². The molecule has 0 saturated carbocycles. The van der Waals surface area contributed by atoms with E-state index in [-0.39, 0.29) is 11.6 Å². The van der Waals surface area contributed by atoms with E-state index in [1.807, 2.05) is 11.0 Å². The molecule has 0 N–H and O–H groups in total. The van der Waals surface area contributed by atoms with E-state index >= 15 is 0 Å². The number of piperidine rings is 1. The predicted molar refractivity (Wildman–Crippen MR) is 138 cm³/mol. The lowest BCUT2D eigenvalue weighted by Crippen LogP contribution is -2.53. The highest BCUT2D eigenvalue weighted by Crippen LogP contribution is 2.46. The van der Waals surface area contributed by atoms with Crippen LogP contribution in [0, 0.1) is 13.8 Å². The molecule has 186 valence electrons. The molecule has 2 aromatic carbocycles. The number of carbonyl (C=O) groups is 1. The van der Waals surface area contributed by atoms with Gasteiger partial charge in [0.1, 0.15) is 11.5 Å². The zero-order chi connectivity index (χ0) is 24.7. The first kappa shape index (κ1) is 23.7. The number of methoxy groups -OCH3 is 2. The molecule has 35 heavy (non-hydrogen) atoms. The van der Waals surface area contributed by atoms with Crippen LogP contribution in [0.15, 0.2) is 42.1 Å². The van der Waals surface area contributed by atoms with Crippen LogP contribution in [-0.2, 0) is 19.5 Å². The van der Waals surface area contributed by atoms with Crippen LogP contribution in [-0.4, -0.2) is 60.1 Å². The van der Waals surface area contributed by atoms with Gasteiger partial charge in [-0.1, -0.05) is 35.4 Å². The molecule has 0 atom stereocenters. The van der Waals surface area contributed by atoms with Gasteiger partial charge in [0, 0.05) is 43.5 Å². The highest BCUT2D eigenvalue weighted by molar-refractivity contribution is 5.83. The molecule has 2 saturated heterocycles. The molecule has 2 aromatic rings. The van der Waals surface area contributed by atoms with E-state index in [1.54, 1.807) is 14.2 Å². The van der Waals surface area contributed by atoms with Crippen molar-refractivity contribution in [1.82, 2.24) is 14.7 Å². The lowest BCUT2D eigenvalue weighted by molar-refractivity contribution is 0.0889. The topological polar surface area (TPSA) is 45.3 Å². The van der Waals surface area contributed by atoms with Crippen LogP contribution < -0.4 is 9.47 Å². The number of aryl methyl sites for hydroxylation is 2. The van der Waals surface area contributed by atoms with Crippen molar-refractivity contribution in [3.8, 4) is 11.5 Å². The van der Waals surface area contributed by atoms with Gasteiger partial charge < -0.3 is 14.4 Å². The normalized spacial score (nSPS) is 19.3. The summed E-state index contributed by atoms with van der Waals surface area (Å²) >= 11 is 0. The second-order valence-electron chi connectivity index (χ2n) is 10.2. The Hall–Kier alpha value is -2.99. The zero-order valence-electron chi connectivity index (χ0n) is 21.7. The average Bonchev–Trinajstić information content (AvgIpc) is 2.95. The number of amides is 2. The maximum Gasteiger partial charge on any atom is 0.325 e. The number of benzene rings is 2. The molecule has 1 spiro atoms. The third-order valence-electron chi connectivity index (χ3n) is 7.99. The van der Waals surface area contributed by atoms with Crippen LogP contribution in [0.5, 0.6) is 11.5 Å². The van der Waals surface area contributed by atoms with E-state index in [0.29, 0.717) is 6.54 Å². The summed E-state index contributed by atoms with van der Waals surface area (Å²) in [6, 6.07) is 10.9. The van der Waals surface area contributed by atoms with E-state index in [0.717, 1.165) is 68.1 Å².